The fourth-order valence-corrected chi connectivity index (χ4v) is 1.91. The van der Waals surface area contributed by atoms with Crippen molar-refractivity contribution in [1.29, 1.82) is 0 Å². The Bertz CT molecular complexity index is 366. The number of benzene rings is 1. The SMILES string of the molecule is ClCC(c1ccccc1)n1cccc1. The number of aromatic nitrogens is 1. The Labute approximate surface area is 88.9 Å². The molecule has 0 amide bonds. The van der Waals surface area contributed by atoms with Crippen molar-refractivity contribution in [3.63, 3.8) is 0 Å². The highest BCUT2D eigenvalue weighted by Crippen LogP contribution is 2.19. The van der Waals surface area contributed by atoms with Gasteiger partial charge < -0.3 is 4.57 Å². The standard InChI is InChI=1S/C12H12ClN/c13-10-12(14-8-4-5-9-14)11-6-2-1-3-7-11/h1-9,12H,10H2. The maximum Gasteiger partial charge on any atom is 0.0715 e. The Morgan fingerprint density at radius 1 is 1.00 bits per heavy atom. The Kier molecular flexibility index (Phi) is 2.90. The lowest BCUT2D eigenvalue weighted by Gasteiger charge is -2.16. The molecule has 1 atom stereocenters. The molecular formula is C12H12ClN. The van der Waals surface area contributed by atoms with Gasteiger partial charge >= 0.3 is 0 Å². The van der Waals surface area contributed by atoms with E-state index in [9.17, 15) is 0 Å². The van der Waals surface area contributed by atoms with Gasteiger partial charge in [0.15, 0.2) is 0 Å². The predicted octanol–water partition coefficient (Wildman–Crippen LogP) is 3.32. The van der Waals surface area contributed by atoms with Crippen LogP contribution in [0.5, 0.6) is 0 Å². The van der Waals surface area contributed by atoms with Crippen LogP contribution in [0.1, 0.15) is 11.6 Å². The third kappa shape index (κ3) is 1.83. The molecule has 1 aromatic carbocycles. The van der Waals surface area contributed by atoms with Gasteiger partial charge in [-0.2, -0.15) is 0 Å². The highest BCUT2D eigenvalue weighted by atomic mass is 35.5. The first-order valence-corrected chi connectivity index (χ1v) is 5.18. The van der Waals surface area contributed by atoms with Crippen molar-refractivity contribution in [1.82, 2.24) is 4.57 Å². The van der Waals surface area contributed by atoms with Crippen LogP contribution in [-0.2, 0) is 0 Å². The van der Waals surface area contributed by atoms with Gasteiger partial charge in [-0.25, -0.2) is 0 Å². The van der Waals surface area contributed by atoms with E-state index < -0.39 is 0 Å². The fourth-order valence-electron chi connectivity index (χ4n) is 1.57. The van der Waals surface area contributed by atoms with E-state index in [1.165, 1.54) is 5.56 Å². The van der Waals surface area contributed by atoms with E-state index in [-0.39, 0.29) is 6.04 Å². The summed E-state index contributed by atoms with van der Waals surface area (Å²) in [6, 6.07) is 14.6. The quantitative estimate of drug-likeness (QED) is 0.678. The first-order chi connectivity index (χ1) is 6.92. The zero-order valence-electron chi connectivity index (χ0n) is 7.81. The highest BCUT2D eigenvalue weighted by Gasteiger charge is 2.09. The number of hydrogen-bond donors (Lipinski definition) is 0. The van der Waals surface area contributed by atoms with E-state index in [4.69, 9.17) is 11.6 Å². The number of hydrogen-bond acceptors (Lipinski definition) is 0. The molecular weight excluding hydrogens is 194 g/mol. The third-order valence-electron chi connectivity index (χ3n) is 2.32. The van der Waals surface area contributed by atoms with Crippen molar-refractivity contribution in [2.45, 2.75) is 6.04 Å². The Hall–Kier alpha value is -1.21. The molecule has 2 aromatic rings. The molecule has 0 bridgehead atoms. The zero-order chi connectivity index (χ0) is 9.80. The van der Waals surface area contributed by atoms with E-state index in [1.54, 1.807) is 0 Å². The smallest absolute Gasteiger partial charge is 0.0715 e. The lowest BCUT2D eigenvalue weighted by Crippen LogP contribution is -2.09. The predicted molar refractivity (Wildman–Crippen MR) is 59.7 cm³/mol. The van der Waals surface area contributed by atoms with Gasteiger partial charge in [-0.3, -0.25) is 0 Å². The molecule has 72 valence electrons. The number of nitrogens with zero attached hydrogens (tertiary/aromatic N) is 1. The molecule has 1 heterocycles. The van der Waals surface area contributed by atoms with E-state index >= 15 is 0 Å². The molecule has 0 N–H and O–H groups in total. The number of alkyl halides is 1. The molecule has 1 nitrogen and oxygen atoms in total. The van der Waals surface area contributed by atoms with Crippen molar-refractivity contribution >= 4 is 11.6 Å². The summed E-state index contributed by atoms with van der Waals surface area (Å²) in [5, 5.41) is 0. The van der Waals surface area contributed by atoms with Crippen molar-refractivity contribution < 1.29 is 0 Å². The molecule has 0 aliphatic rings. The summed E-state index contributed by atoms with van der Waals surface area (Å²) in [6.07, 6.45) is 4.08. The monoisotopic (exact) mass is 205 g/mol. The minimum atomic E-state index is 0.243. The molecule has 2 rings (SSSR count). The van der Waals surface area contributed by atoms with Crippen LogP contribution in [0.4, 0.5) is 0 Å². The molecule has 0 fully saturated rings. The Morgan fingerprint density at radius 2 is 1.64 bits per heavy atom. The van der Waals surface area contributed by atoms with E-state index in [1.807, 2.05) is 42.7 Å². The Morgan fingerprint density at radius 3 is 2.21 bits per heavy atom. The third-order valence-corrected chi connectivity index (χ3v) is 2.61. The zero-order valence-corrected chi connectivity index (χ0v) is 8.56. The number of rotatable bonds is 3. The molecule has 0 saturated carbocycles. The van der Waals surface area contributed by atoms with Gasteiger partial charge in [-0.15, -0.1) is 11.6 Å². The average Bonchev–Trinajstić information content (AvgIpc) is 2.74. The summed E-state index contributed by atoms with van der Waals surface area (Å²) in [4.78, 5) is 0. The molecule has 2 heteroatoms. The molecule has 14 heavy (non-hydrogen) atoms. The van der Waals surface area contributed by atoms with E-state index in [0.29, 0.717) is 5.88 Å². The molecule has 1 aromatic heterocycles. The minimum Gasteiger partial charge on any atom is -0.346 e. The minimum absolute atomic E-state index is 0.243. The fraction of sp³-hybridized carbons (Fsp3) is 0.167. The highest BCUT2D eigenvalue weighted by molar-refractivity contribution is 6.18. The maximum atomic E-state index is 5.97. The second-order valence-corrected chi connectivity index (χ2v) is 3.52. The van der Waals surface area contributed by atoms with Crippen LogP contribution < -0.4 is 0 Å². The summed E-state index contributed by atoms with van der Waals surface area (Å²) in [5.41, 5.74) is 1.25. The first kappa shape index (κ1) is 9.35. The van der Waals surface area contributed by atoms with Crippen LogP contribution in [0.15, 0.2) is 54.9 Å². The molecule has 0 aliphatic heterocycles. The topological polar surface area (TPSA) is 4.93 Å². The van der Waals surface area contributed by atoms with Gasteiger partial charge in [-0.1, -0.05) is 30.3 Å². The maximum absolute atomic E-state index is 5.97. The average molecular weight is 206 g/mol. The number of halogens is 1. The van der Waals surface area contributed by atoms with Crippen LogP contribution in [0.3, 0.4) is 0 Å². The lowest BCUT2D eigenvalue weighted by atomic mass is 10.1. The second kappa shape index (κ2) is 4.34. The molecule has 0 radical (unpaired) electrons. The molecule has 0 aliphatic carbocycles. The van der Waals surface area contributed by atoms with Gasteiger partial charge in [-0.05, 0) is 17.7 Å². The van der Waals surface area contributed by atoms with Crippen molar-refractivity contribution in [3.8, 4) is 0 Å². The van der Waals surface area contributed by atoms with Crippen LogP contribution in [0.25, 0.3) is 0 Å². The van der Waals surface area contributed by atoms with Crippen LogP contribution in [-0.4, -0.2) is 10.4 Å². The summed E-state index contributed by atoms with van der Waals surface area (Å²) in [5.74, 6) is 0.596. The van der Waals surface area contributed by atoms with Crippen LogP contribution >= 0.6 is 11.6 Å². The molecule has 0 saturated heterocycles. The molecule has 1 unspecified atom stereocenters. The van der Waals surface area contributed by atoms with E-state index in [0.717, 1.165) is 0 Å². The summed E-state index contributed by atoms with van der Waals surface area (Å²) in [7, 11) is 0. The normalized spacial score (nSPS) is 12.6. The van der Waals surface area contributed by atoms with Crippen molar-refractivity contribution in [2.24, 2.45) is 0 Å². The van der Waals surface area contributed by atoms with E-state index in [2.05, 4.69) is 16.7 Å². The van der Waals surface area contributed by atoms with Gasteiger partial charge in [0.2, 0.25) is 0 Å². The second-order valence-electron chi connectivity index (χ2n) is 3.21. The van der Waals surface area contributed by atoms with Crippen molar-refractivity contribution in [3.05, 3.63) is 60.4 Å². The van der Waals surface area contributed by atoms with Gasteiger partial charge in [0.1, 0.15) is 0 Å². The van der Waals surface area contributed by atoms with Crippen molar-refractivity contribution in [2.75, 3.05) is 5.88 Å². The lowest BCUT2D eigenvalue weighted by molar-refractivity contribution is 0.649. The van der Waals surface area contributed by atoms with Crippen LogP contribution in [0.2, 0.25) is 0 Å². The van der Waals surface area contributed by atoms with Crippen LogP contribution in [0, 0.1) is 0 Å². The van der Waals surface area contributed by atoms with Gasteiger partial charge in [0.05, 0.1) is 6.04 Å². The summed E-state index contributed by atoms with van der Waals surface area (Å²) in [6.45, 7) is 0. The molecule has 0 spiro atoms. The van der Waals surface area contributed by atoms with Gasteiger partial charge in [0.25, 0.3) is 0 Å². The van der Waals surface area contributed by atoms with Gasteiger partial charge in [0, 0.05) is 18.3 Å². The first-order valence-electron chi connectivity index (χ1n) is 4.65. The Balaban J connectivity index is 2.31. The largest absolute Gasteiger partial charge is 0.346 e. The summed E-state index contributed by atoms with van der Waals surface area (Å²) < 4.78 is 2.13. The summed E-state index contributed by atoms with van der Waals surface area (Å²) >= 11 is 5.97.